The molecule has 0 aliphatic carbocycles. The summed E-state index contributed by atoms with van der Waals surface area (Å²) < 4.78 is 10.6. The lowest BCUT2D eigenvalue weighted by molar-refractivity contribution is -0.137. The quantitative estimate of drug-likeness (QED) is 0.886. The molecule has 96 valence electrons. The molecule has 0 amide bonds. The van der Waals surface area contributed by atoms with Crippen LogP contribution in [0.2, 0.25) is 0 Å². The Morgan fingerprint density at radius 3 is 3.06 bits per heavy atom. The summed E-state index contributed by atoms with van der Waals surface area (Å²) in [6.07, 6.45) is 2.15. The first-order chi connectivity index (χ1) is 8.74. The Labute approximate surface area is 105 Å². The second kappa shape index (κ2) is 4.40. The normalized spacial score (nSPS) is 21.3. The van der Waals surface area contributed by atoms with Gasteiger partial charge in [0.05, 0.1) is 6.42 Å². The van der Waals surface area contributed by atoms with Crippen molar-refractivity contribution in [2.75, 3.05) is 18.2 Å². The topological polar surface area (TPSA) is 59.0 Å². The van der Waals surface area contributed by atoms with E-state index in [1.54, 1.807) is 0 Å². The molecule has 0 radical (unpaired) electrons. The molecule has 1 fully saturated rings. The van der Waals surface area contributed by atoms with Gasteiger partial charge in [-0.2, -0.15) is 0 Å². The Hall–Kier alpha value is -1.91. The molecule has 2 aliphatic rings. The number of anilines is 1. The highest BCUT2D eigenvalue weighted by molar-refractivity contribution is 5.69. The molecule has 1 atom stereocenters. The van der Waals surface area contributed by atoms with E-state index in [0.29, 0.717) is 0 Å². The van der Waals surface area contributed by atoms with Gasteiger partial charge in [-0.25, -0.2) is 0 Å². The van der Waals surface area contributed by atoms with E-state index in [0.717, 1.165) is 36.6 Å². The zero-order valence-electron chi connectivity index (χ0n) is 9.96. The van der Waals surface area contributed by atoms with Crippen molar-refractivity contribution in [3.63, 3.8) is 0 Å². The lowest BCUT2D eigenvalue weighted by Gasteiger charge is -2.25. The number of benzene rings is 1. The van der Waals surface area contributed by atoms with Crippen LogP contribution in [-0.4, -0.2) is 30.5 Å². The summed E-state index contributed by atoms with van der Waals surface area (Å²) >= 11 is 0. The zero-order chi connectivity index (χ0) is 12.5. The lowest BCUT2D eigenvalue weighted by Crippen LogP contribution is -2.31. The largest absolute Gasteiger partial charge is 0.481 e. The Morgan fingerprint density at radius 2 is 2.22 bits per heavy atom. The molecule has 0 bridgehead atoms. The third-order valence-electron chi connectivity index (χ3n) is 3.48. The highest BCUT2D eigenvalue weighted by atomic mass is 16.7. The van der Waals surface area contributed by atoms with Crippen molar-refractivity contribution >= 4 is 11.7 Å². The van der Waals surface area contributed by atoms with Crippen LogP contribution in [0.25, 0.3) is 0 Å². The number of carboxylic acid groups (broad SMARTS) is 1. The van der Waals surface area contributed by atoms with Crippen LogP contribution in [0.3, 0.4) is 0 Å². The molecule has 3 rings (SSSR count). The van der Waals surface area contributed by atoms with Crippen molar-refractivity contribution in [3.05, 3.63) is 18.2 Å². The minimum absolute atomic E-state index is 0.0860. The van der Waals surface area contributed by atoms with Crippen molar-refractivity contribution in [3.8, 4) is 11.5 Å². The molecule has 5 nitrogen and oxygen atoms in total. The predicted octanol–water partition coefficient (Wildman–Crippen LogP) is 1.86. The number of carboxylic acids is 1. The van der Waals surface area contributed by atoms with Crippen LogP contribution in [0.1, 0.15) is 19.3 Å². The number of nitrogens with zero attached hydrogens (tertiary/aromatic N) is 1. The number of rotatable bonds is 3. The summed E-state index contributed by atoms with van der Waals surface area (Å²) in [5, 5.41) is 8.92. The van der Waals surface area contributed by atoms with Gasteiger partial charge >= 0.3 is 5.97 Å². The molecule has 1 N–H and O–H groups in total. The van der Waals surface area contributed by atoms with Crippen LogP contribution in [-0.2, 0) is 4.79 Å². The highest BCUT2D eigenvalue weighted by Crippen LogP contribution is 2.37. The van der Waals surface area contributed by atoms with Crippen LogP contribution in [0, 0.1) is 0 Å². The number of carbonyl (C=O) groups is 1. The maximum absolute atomic E-state index is 10.8. The monoisotopic (exact) mass is 249 g/mol. The van der Waals surface area contributed by atoms with Gasteiger partial charge in [0.1, 0.15) is 0 Å². The first-order valence-corrected chi connectivity index (χ1v) is 6.12. The molecular weight excluding hydrogens is 234 g/mol. The van der Waals surface area contributed by atoms with Gasteiger partial charge in [0.2, 0.25) is 6.79 Å². The predicted molar refractivity (Wildman–Crippen MR) is 65.2 cm³/mol. The van der Waals surface area contributed by atoms with E-state index in [9.17, 15) is 4.79 Å². The summed E-state index contributed by atoms with van der Waals surface area (Å²) in [5.41, 5.74) is 1.02. The molecule has 0 aromatic heterocycles. The van der Waals surface area contributed by atoms with Crippen molar-refractivity contribution in [2.24, 2.45) is 0 Å². The van der Waals surface area contributed by atoms with E-state index in [1.807, 2.05) is 18.2 Å². The molecule has 0 saturated carbocycles. The van der Waals surface area contributed by atoms with Crippen molar-refractivity contribution < 1.29 is 19.4 Å². The molecule has 1 aromatic rings. The fourth-order valence-electron chi connectivity index (χ4n) is 2.65. The highest BCUT2D eigenvalue weighted by Gasteiger charge is 2.27. The SMILES string of the molecule is O=C(O)CC1CCCN1c1ccc2c(c1)OCO2. The summed E-state index contributed by atoms with van der Waals surface area (Å²) in [5.74, 6) is 0.758. The number of hydrogen-bond acceptors (Lipinski definition) is 4. The maximum atomic E-state index is 10.8. The third kappa shape index (κ3) is 1.96. The summed E-state index contributed by atoms with van der Waals surface area (Å²) in [6, 6.07) is 5.87. The second-order valence-corrected chi connectivity index (χ2v) is 4.62. The Morgan fingerprint density at radius 1 is 1.39 bits per heavy atom. The van der Waals surface area contributed by atoms with Gasteiger partial charge in [0.15, 0.2) is 11.5 Å². The van der Waals surface area contributed by atoms with Crippen LogP contribution in [0.15, 0.2) is 18.2 Å². The van der Waals surface area contributed by atoms with E-state index in [4.69, 9.17) is 14.6 Å². The molecule has 1 unspecified atom stereocenters. The number of fused-ring (bicyclic) bond motifs is 1. The van der Waals surface area contributed by atoms with Gasteiger partial charge in [0.25, 0.3) is 0 Å². The zero-order valence-corrected chi connectivity index (χ0v) is 9.96. The van der Waals surface area contributed by atoms with Gasteiger partial charge in [0, 0.05) is 24.3 Å². The van der Waals surface area contributed by atoms with Gasteiger partial charge in [-0.3, -0.25) is 4.79 Å². The van der Waals surface area contributed by atoms with Gasteiger partial charge < -0.3 is 19.5 Å². The Kier molecular flexibility index (Phi) is 2.74. The maximum Gasteiger partial charge on any atom is 0.305 e. The van der Waals surface area contributed by atoms with Crippen LogP contribution in [0.5, 0.6) is 11.5 Å². The molecule has 18 heavy (non-hydrogen) atoms. The molecule has 2 aliphatic heterocycles. The van der Waals surface area contributed by atoms with Crippen molar-refractivity contribution in [2.45, 2.75) is 25.3 Å². The standard InChI is InChI=1S/C13H15NO4/c15-13(16)7-9-2-1-5-14(9)10-3-4-11-12(6-10)18-8-17-11/h3-4,6,9H,1-2,5,7-8H2,(H,15,16). The van der Waals surface area contributed by atoms with Crippen LogP contribution in [0.4, 0.5) is 5.69 Å². The average molecular weight is 249 g/mol. The summed E-state index contributed by atoms with van der Waals surface area (Å²) in [6.45, 7) is 1.16. The summed E-state index contributed by atoms with van der Waals surface area (Å²) in [4.78, 5) is 13.0. The smallest absolute Gasteiger partial charge is 0.305 e. The molecular formula is C13H15NO4. The number of hydrogen-bond donors (Lipinski definition) is 1. The van der Waals surface area contributed by atoms with E-state index < -0.39 is 5.97 Å². The third-order valence-corrected chi connectivity index (χ3v) is 3.48. The van der Waals surface area contributed by atoms with E-state index in [1.165, 1.54) is 0 Å². The number of aliphatic carboxylic acids is 1. The first-order valence-electron chi connectivity index (χ1n) is 6.12. The molecule has 1 saturated heterocycles. The minimum Gasteiger partial charge on any atom is -0.481 e. The fraction of sp³-hybridized carbons (Fsp3) is 0.462. The number of ether oxygens (including phenoxy) is 2. The second-order valence-electron chi connectivity index (χ2n) is 4.62. The fourth-order valence-corrected chi connectivity index (χ4v) is 2.65. The lowest BCUT2D eigenvalue weighted by atomic mass is 10.1. The average Bonchev–Trinajstić information content (AvgIpc) is 2.95. The van der Waals surface area contributed by atoms with Gasteiger partial charge in [-0.15, -0.1) is 0 Å². The van der Waals surface area contributed by atoms with E-state index >= 15 is 0 Å². The Balaban J connectivity index is 1.83. The Bertz CT molecular complexity index is 474. The first kappa shape index (κ1) is 11.2. The molecule has 1 aromatic carbocycles. The van der Waals surface area contributed by atoms with Gasteiger partial charge in [-0.1, -0.05) is 0 Å². The van der Waals surface area contributed by atoms with E-state index in [2.05, 4.69) is 4.90 Å². The van der Waals surface area contributed by atoms with E-state index in [-0.39, 0.29) is 19.3 Å². The van der Waals surface area contributed by atoms with Crippen LogP contribution < -0.4 is 14.4 Å². The van der Waals surface area contributed by atoms with Crippen molar-refractivity contribution in [1.82, 2.24) is 0 Å². The summed E-state index contributed by atoms with van der Waals surface area (Å²) in [7, 11) is 0. The molecule has 5 heteroatoms. The molecule has 2 heterocycles. The minimum atomic E-state index is -0.743. The van der Waals surface area contributed by atoms with Crippen LogP contribution >= 0.6 is 0 Å². The van der Waals surface area contributed by atoms with Crippen molar-refractivity contribution in [1.29, 1.82) is 0 Å². The van der Waals surface area contributed by atoms with Gasteiger partial charge in [-0.05, 0) is 25.0 Å². The molecule has 0 spiro atoms.